The maximum atomic E-state index is 13.0. The number of fused-ring (bicyclic) bond motifs is 1. The highest BCUT2D eigenvalue weighted by Crippen LogP contribution is 2.23. The van der Waals surface area contributed by atoms with Crippen LogP contribution in [-0.2, 0) is 23.8 Å². The average Bonchev–Trinajstić information content (AvgIpc) is 3.47. The van der Waals surface area contributed by atoms with Gasteiger partial charge in [0.1, 0.15) is 17.8 Å². The Bertz CT molecular complexity index is 1200. The fraction of sp³-hybridized carbons (Fsp3) is 0.536. The molecule has 0 saturated carbocycles. The van der Waals surface area contributed by atoms with E-state index < -0.39 is 18.0 Å². The number of hydrogen-bond acceptors (Lipinski definition) is 10. The number of nitrogens with zero attached hydrogens (tertiary/aromatic N) is 3. The molecule has 3 amide bonds. The van der Waals surface area contributed by atoms with E-state index in [1.807, 2.05) is 0 Å². The molecule has 1 fully saturated rings. The van der Waals surface area contributed by atoms with Gasteiger partial charge in [-0.3, -0.25) is 19.4 Å². The lowest BCUT2D eigenvalue weighted by atomic mass is 10.1. The summed E-state index contributed by atoms with van der Waals surface area (Å²) in [5.41, 5.74) is 6.18. The molecule has 1 aliphatic rings. The van der Waals surface area contributed by atoms with Crippen molar-refractivity contribution < 1.29 is 33.3 Å². The summed E-state index contributed by atoms with van der Waals surface area (Å²) in [5, 5.41) is 15.3. The van der Waals surface area contributed by atoms with Crippen molar-refractivity contribution in [1.82, 2.24) is 20.5 Å². The van der Waals surface area contributed by atoms with Crippen molar-refractivity contribution in [2.24, 2.45) is 5.73 Å². The van der Waals surface area contributed by atoms with Crippen LogP contribution in [0.5, 0.6) is 5.75 Å². The van der Waals surface area contributed by atoms with Gasteiger partial charge in [-0.05, 0) is 38.0 Å². The Morgan fingerprint density at radius 2 is 1.85 bits per heavy atom. The number of nitrogens with one attached hydrogen (secondary N) is 2. The largest absolute Gasteiger partial charge is 0.484 e. The first-order valence-electron chi connectivity index (χ1n) is 13.7. The van der Waals surface area contributed by atoms with Crippen LogP contribution in [0.15, 0.2) is 30.5 Å². The zero-order valence-electron chi connectivity index (χ0n) is 23.3. The molecule has 1 aliphatic heterocycles. The van der Waals surface area contributed by atoms with E-state index in [0.29, 0.717) is 87.9 Å². The Kier molecular flexibility index (Phi) is 13.2. The molecule has 4 N–H and O–H groups in total. The molecule has 2 heterocycles. The van der Waals surface area contributed by atoms with Crippen molar-refractivity contribution in [3.05, 3.63) is 36.0 Å². The molecule has 0 radical (unpaired) electrons. The summed E-state index contributed by atoms with van der Waals surface area (Å²) in [6, 6.07) is 7.44. The second-order valence-corrected chi connectivity index (χ2v) is 9.32. The third-order valence-corrected chi connectivity index (χ3v) is 6.31. The normalized spacial score (nSPS) is 15.3. The number of likely N-dealkylation sites (tertiary alicyclic amines) is 1. The number of carbonyl (C=O) groups is 3. The number of carbonyl (C=O) groups excluding carboxylic acids is 3. The number of amides is 3. The Balaban J connectivity index is 1.40. The second-order valence-electron chi connectivity index (χ2n) is 9.32. The van der Waals surface area contributed by atoms with Gasteiger partial charge in [0.25, 0.3) is 11.8 Å². The first kappa shape index (κ1) is 31.7. The first-order valence-corrected chi connectivity index (χ1v) is 13.7. The Hall–Kier alpha value is -3.83. The van der Waals surface area contributed by atoms with Gasteiger partial charge in [0.15, 0.2) is 6.61 Å². The van der Waals surface area contributed by atoms with E-state index in [1.54, 1.807) is 31.2 Å². The maximum absolute atomic E-state index is 13.0. The van der Waals surface area contributed by atoms with Crippen LogP contribution in [0.25, 0.3) is 10.9 Å². The van der Waals surface area contributed by atoms with Gasteiger partial charge in [-0.15, -0.1) is 0 Å². The molecule has 2 aromatic rings. The van der Waals surface area contributed by atoms with E-state index in [-0.39, 0.29) is 18.4 Å². The third-order valence-electron chi connectivity index (χ3n) is 6.31. The van der Waals surface area contributed by atoms with Gasteiger partial charge in [-0.25, -0.2) is 0 Å². The number of nitrogens with two attached hydrogens (primary N) is 1. The van der Waals surface area contributed by atoms with Crippen LogP contribution in [0, 0.1) is 11.3 Å². The summed E-state index contributed by atoms with van der Waals surface area (Å²) in [7, 11) is 0. The van der Waals surface area contributed by atoms with Crippen LogP contribution in [0.1, 0.15) is 30.1 Å². The summed E-state index contributed by atoms with van der Waals surface area (Å²) in [4.78, 5) is 43.7. The molecule has 1 aromatic heterocycles. The monoisotopic (exact) mass is 570 g/mol. The minimum atomic E-state index is -0.786. The first-order chi connectivity index (χ1) is 19.9. The molecule has 2 atom stereocenters. The maximum Gasteiger partial charge on any atom is 0.258 e. The van der Waals surface area contributed by atoms with Crippen LogP contribution >= 0.6 is 0 Å². The number of nitriles is 1. The highest BCUT2D eigenvalue weighted by molar-refractivity contribution is 6.07. The zero-order valence-corrected chi connectivity index (χ0v) is 23.3. The van der Waals surface area contributed by atoms with Gasteiger partial charge < -0.3 is 40.2 Å². The van der Waals surface area contributed by atoms with Crippen LogP contribution < -0.4 is 21.1 Å². The average molecular weight is 571 g/mol. The molecule has 13 nitrogen and oxygen atoms in total. The van der Waals surface area contributed by atoms with Crippen LogP contribution in [0.3, 0.4) is 0 Å². The van der Waals surface area contributed by atoms with Gasteiger partial charge in [-0.1, -0.05) is 0 Å². The van der Waals surface area contributed by atoms with Crippen molar-refractivity contribution in [2.45, 2.75) is 31.8 Å². The minimum absolute atomic E-state index is 0.197. The molecule has 13 heteroatoms. The van der Waals surface area contributed by atoms with E-state index in [1.165, 1.54) is 11.1 Å². The van der Waals surface area contributed by atoms with Gasteiger partial charge in [0.2, 0.25) is 5.91 Å². The number of ether oxygens (including phenoxy) is 4. The number of rotatable bonds is 17. The lowest BCUT2D eigenvalue weighted by Crippen LogP contribution is -2.48. The lowest BCUT2D eigenvalue weighted by molar-refractivity contribution is -0.132. The topological polar surface area (TPSA) is 178 Å². The van der Waals surface area contributed by atoms with Gasteiger partial charge in [0, 0.05) is 37.3 Å². The Morgan fingerprint density at radius 3 is 2.59 bits per heavy atom. The minimum Gasteiger partial charge on any atom is -0.484 e. The molecular weight excluding hydrogens is 532 g/mol. The van der Waals surface area contributed by atoms with Crippen LogP contribution in [0.2, 0.25) is 0 Å². The predicted octanol–water partition coefficient (Wildman–Crippen LogP) is 0.371. The second kappa shape index (κ2) is 17.1. The van der Waals surface area contributed by atoms with E-state index in [4.69, 9.17) is 24.7 Å². The van der Waals surface area contributed by atoms with Crippen molar-refractivity contribution >= 4 is 28.6 Å². The quantitative estimate of drug-likeness (QED) is 0.225. The van der Waals surface area contributed by atoms with Gasteiger partial charge >= 0.3 is 0 Å². The van der Waals surface area contributed by atoms with E-state index in [2.05, 4.69) is 21.7 Å². The summed E-state index contributed by atoms with van der Waals surface area (Å²) in [6.45, 7) is 5.37. The molecule has 0 unspecified atom stereocenters. The highest BCUT2D eigenvalue weighted by atomic mass is 16.5. The molecule has 1 aromatic carbocycles. The number of benzene rings is 1. The number of aromatic nitrogens is 1. The van der Waals surface area contributed by atoms with Crippen LogP contribution in [0.4, 0.5) is 0 Å². The van der Waals surface area contributed by atoms with Crippen LogP contribution in [-0.4, -0.2) is 106 Å². The SMILES string of the molecule is C[C@@H](NC(=O)c1ccnc2cc(OCC(=O)NCCOCCOCCOCCN)ccc12)C(=O)N1CCC[C@H]1C#N. The van der Waals surface area contributed by atoms with Crippen molar-refractivity contribution in [3.63, 3.8) is 0 Å². The number of pyridine rings is 1. The third kappa shape index (κ3) is 9.94. The van der Waals surface area contributed by atoms with Gasteiger partial charge in [0.05, 0.1) is 56.8 Å². The molecule has 0 bridgehead atoms. The van der Waals surface area contributed by atoms with Crippen molar-refractivity contribution in [2.75, 3.05) is 65.9 Å². The van der Waals surface area contributed by atoms with Gasteiger partial charge in [-0.2, -0.15) is 5.26 Å². The van der Waals surface area contributed by atoms with Crippen molar-refractivity contribution in [3.8, 4) is 11.8 Å². The number of hydrogen-bond donors (Lipinski definition) is 3. The highest BCUT2D eigenvalue weighted by Gasteiger charge is 2.32. The fourth-order valence-corrected chi connectivity index (χ4v) is 4.25. The summed E-state index contributed by atoms with van der Waals surface area (Å²) < 4.78 is 21.5. The summed E-state index contributed by atoms with van der Waals surface area (Å²) in [6.07, 6.45) is 2.90. The van der Waals surface area contributed by atoms with E-state index >= 15 is 0 Å². The molecule has 0 spiro atoms. The Labute approximate surface area is 239 Å². The molecule has 222 valence electrons. The molecule has 0 aliphatic carbocycles. The Morgan fingerprint density at radius 1 is 1.12 bits per heavy atom. The lowest BCUT2D eigenvalue weighted by Gasteiger charge is -2.24. The van der Waals surface area contributed by atoms with E-state index in [0.717, 1.165) is 6.42 Å². The predicted molar refractivity (Wildman–Crippen MR) is 149 cm³/mol. The molecule has 41 heavy (non-hydrogen) atoms. The van der Waals surface area contributed by atoms with Crippen molar-refractivity contribution in [1.29, 1.82) is 5.26 Å². The fourth-order valence-electron chi connectivity index (χ4n) is 4.25. The zero-order chi connectivity index (χ0) is 29.5. The molecule has 1 saturated heterocycles. The standard InChI is InChI=1S/C28H38N6O7/c1-20(28(37)34-10-2-3-21(34)18-30)33-27(36)24-6-8-31-25-17-22(4-5-23(24)25)41-19-26(35)32-9-12-39-14-16-40-15-13-38-11-7-29/h4-6,8,17,20-21H,2-3,7,9-16,19,29H2,1H3,(H,32,35)(H,33,36)/t20-,21+/m1/s1. The summed E-state index contributed by atoms with van der Waals surface area (Å²) >= 11 is 0. The molecular formula is C28H38N6O7. The summed E-state index contributed by atoms with van der Waals surface area (Å²) in [5.74, 6) is -0.597. The smallest absolute Gasteiger partial charge is 0.258 e. The van der Waals surface area contributed by atoms with E-state index in [9.17, 15) is 19.6 Å². The molecule has 3 rings (SSSR count).